The van der Waals surface area contributed by atoms with Crippen LogP contribution in [0.1, 0.15) is 36.1 Å². The smallest absolute Gasteiger partial charge is 0.263 e. The largest absolute Gasteiger partial charge is 0.476 e. The molecule has 28 heavy (non-hydrogen) atoms. The molecule has 1 amide bonds. The number of aryl methyl sites for hydroxylation is 2. The Morgan fingerprint density at radius 1 is 1.18 bits per heavy atom. The van der Waals surface area contributed by atoms with Gasteiger partial charge in [0.2, 0.25) is 10.0 Å². The van der Waals surface area contributed by atoms with E-state index in [2.05, 4.69) is 5.32 Å². The number of fused-ring (bicyclic) bond motifs is 1. The number of carbonyl (C=O) groups is 1. The number of benzene rings is 2. The van der Waals surface area contributed by atoms with Crippen molar-refractivity contribution in [3.63, 3.8) is 0 Å². The maximum atomic E-state index is 12.9. The number of nitrogens with one attached hydrogen (secondary N) is 1. The third-order valence-corrected chi connectivity index (χ3v) is 6.03. The number of sulfonamides is 1. The molecule has 0 aliphatic carbocycles. The lowest BCUT2D eigenvalue weighted by molar-refractivity contribution is -0.128. The van der Waals surface area contributed by atoms with Crippen molar-refractivity contribution in [1.82, 2.24) is 5.32 Å². The van der Waals surface area contributed by atoms with Crippen molar-refractivity contribution in [3.8, 4) is 5.75 Å². The maximum Gasteiger partial charge on any atom is 0.263 e. The predicted molar refractivity (Wildman–Crippen MR) is 110 cm³/mol. The summed E-state index contributed by atoms with van der Waals surface area (Å²) < 4.78 is 31.7. The molecule has 6 nitrogen and oxygen atoms in total. The Balaban J connectivity index is 1.84. The van der Waals surface area contributed by atoms with Crippen LogP contribution in [0.2, 0.25) is 0 Å². The van der Waals surface area contributed by atoms with E-state index < -0.39 is 16.1 Å². The van der Waals surface area contributed by atoms with Crippen LogP contribution in [0, 0.1) is 13.8 Å². The molecular formula is C21H26N2O4S. The summed E-state index contributed by atoms with van der Waals surface area (Å²) in [7, 11) is -3.54. The number of anilines is 1. The van der Waals surface area contributed by atoms with Crippen molar-refractivity contribution < 1.29 is 17.9 Å². The summed E-state index contributed by atoms with van der Waals surface area (Å²) in [4.78, 5) is 12.9. The Morgan fingerprint density at radius 2 is 1.82 bits per heavy atom. The zero-order chi connectivity index (χ0) is 20.5. The van der Waals surface area contributed by atoms with Gasteiger partial charge >= 0.3 is 0 Å². The number of carbonyl (C=O) groups excluding carboxylic acids is 1. The maximum absolute atomic E-state index is 12.9. The van der Waals surface area contributed by atoms with Crippen LogP contribution in [0.25, 0.3) is 0 Å². The van der Waals surface area contributed by atoms with Crippen molar-refractivity contribution in [3.05, 3.63) is 59.2 Å². The van der Waals surface area contributed by atoms with Crippen LogP contribution in [0.3, 0.4) is 0 Å². The first-order chi connectivity index (χ1) is 13.2. The average Bonchev–Trinajstić information content (AvgIpc) is 2.65. The van der Waals surface area contributed by atoms with Crippen LogP contribution < -0.4 is 14.4 Å². The summed E-state index contributed by atoms with van der Waals surface area (Å²) in [6.07, 6.45) is 0.942. The fourth-order valence-electron chi connectivity index (χ4n) is 3.30. The van der Waals surface area contributed by atoms with Gasteiger partial charge in [0.15, 0.2) is 6.10 Å². The Kier molecular flexibility index (Phi) is 5.65. The summed E-state index contributed by atoms with van der Waals surface area (Å²) in [5.74, 6) is 0.0677. The number of rotatable bonds is 5. The first kappa shape index (κ1) is 20.2. The standard InChI is InChI=1S/C21H26N2O4S/c1-5-17(16-9-6-14(2)7-10-16)22-21(24)20-13-23(28(4,25)26)18-12-15(3)8-11-19(18)27-20/h6-12,17,20H,5,13H2,1-4H3,(H,22,24). The van der Waals surface area contributed by atoms with E-state index in [0.29, 0.717) is 17.9 Å². The lowest BCUT2D eigenvalue weighted by atomic mass is 10.0. The van der Waals surface area contributed by atoms with E-state index in [1.807, 2.05) is 51.1 Å². The van der Waals surface area contributed by atoms with Gasteiger partial charge in [-0.2, -0.15) is 0 Å². The molecule has 1 N–H and O–H groups in total. The number of hydrogen-bond acceptors (Lipinski definition) is 4. The summed E-state index contributed by atoms with van der Waals surface area (Å²) >= 11 is 0. The van der Waals surface area contributed by atoms with Crippen molar-refractivity contribution in [2.75, 3.05) is 17.1 Å². The minimum atomic E-state index is -3.54. The second-order valence-electron chi connectivity index (χ2n) is 7.25. The number of hydrogen-bond donors (Lipinski definition) is 1. The third kappa shape index (κ3) is 4.30. The molecule has 3 rings (SSSR count). The van der Waals surface area contributed by atoms with E-state index >= 15 is 0 Å². The fraction of sp³-hybridized carbons (Fsp3) is 0.381. The molecule has 2 aromatic carbocycles. The van der Waals surface area contributed by atoms with Crippen LogP contribution in [-0.2, 0) is 14.8 Å². The highest BCUT2D eigenvalue weighted by Crippen LogP contribution is 2.36. The predicted octanol–water partition coefficient (Wildman–Crippen LogP) is 3.10. The van der Waals surface area contributed by atoms with Crippen molar-refractivity contribution >= 4 is 21.6 Å². The first-order valence-electron chi connectivity index (χ1n) is 9.31. The molecule has 0 bridgehead atoms. The topological polar surface area (TPSA) is 75.7 Å². The van der Waals surface area contributed by atoms with Crippen molar-refractivity contribution in [2.45, 2.75) is 39.3 Å². The van der Waals surface area contributed by atoms with E-state index in [0.717, 1.165) is 22.9 Å². The molecule has 2 unspecified atom stereocenters. The summed E-state index contributed by atoms with van der Waals surface area (Å²) in [6.45, 7) is 5.84. The van der Waals surface area contributed by atoms with Crippen molar-refractivity contribution in [2.24, 2.45) is 0 Å². The van der Waals surface area contributed by atoms with Crippen LogP contribution in [0.5, 0.6) is 5.75 Å². The van der Waals surface area contributed by atoms with Gasteiger partial charge in [-0.3, -0.25) is 9.10 Å². The minimum absolute atomic E-state index is 0.0501. The number of nitrogens with zero attached hydrogens (tertiary/aromatic N) is 1. The molecule has 2 atom stereocenters. The van der Waals surface area contributed by atoms with E-state index in [9.17, 15) is 13.2 Å². The second-order valence-corrected chi connectivity index (χ2v) is 9.16. The lowest BCUT2D eigenvalue weighted by Crippen LogP contribution is -2.51. The van der Waals surface area contributed by atoms with Gasteiger partial charge in [0.05, 0.1) is 24.5 Å². The van der Waals surface area contributed by atoms with Crippen molar-refractivity contribution in [1.29, 1.82) is 0 Å². The Bertz CT molecular complexity index is 970. The summed E-state index contributed by atoms with van der Waals surface area (Å²) in [5, 5.41) is 3.00. The Morgan fingerprint density at radius 3 is 2.43 bits per heavy atom. The molecule has 1 aliphatic rings. The van der Waals surface area contributed by atoms with Gasteiger partial charge < -0.3 is 10.1 Å². The van der Waals surface area contributed by atoms with Gasteiger partial charge in [-0.25, -0.2) is 8.42 Å². The van der Waals surface area contributed by atoms with Crippen LogP contribution in [-0.4, -0.2) is 33.2 Å². The Hall–Kier alpha value is -2.54. The fourth-order valence-corrected chi connectivity index (χ4v) is 4.20. The average molecular weight is 403 g/mol. The second kappa shape index (κ2) is 7.83. The van der Waals surface area contributed by atoms with Gasteiger partial charge in [-0.15, -0.1) is 0 Å². The zero-order valence-electron chi connectivity index (χ0n) is 16.6. The molecular weight excluding hydrogens is 376 g/mol. The van der Waals surface area contributed by atoms with Crippen LogP contribution in [0.15, 0.2) is 42.5 Å². The normalized spacial score (nSPS) is 17.4. The Labute approximate surface area is 166 Å². The molecule has 0 saturated carbocycles. The van der Waals surface area contributed by atoms with Crippen LogP contribution in [0.4, 0.5) is 5.69 Å². The van der Waals surface area contributed by atoms with Gasteiger partial charge in [0, 0.05) is 0 Å². The van der Waals surface area contributed by atoms with E-state index in [1.54, 1.807) is 12.1 Å². The number of ether oxygens (including phenoxy) is 1. The quantitative estimate of drug-likeness (QED) is 0.834. The SMILES string of the molecule is CCC(NC(=O)C1CN(S(C)(=O)=O)c2cc(C)ccc2O1)c1ccc(C)cc1. The zero-order valence-corrected chi connectivity index (χ0v) is 17.4. The van der Waals surface area contributed by atoms with Gasteiger partial charge in [-0.05, 0) is 43.5 Å². The molecule has 7 heteroatoms. The lowest BCUT2D eigenvalue weighted by Gasteiger charge is -2.34. The van der Waals surface area contributed by atoms with Crippen LogP contribution >= 0.6 is 0 Å². The molecule has 2 aromatic rings. The number of amides is 1. The third-order valence-electron chi connectivity index (χ3n) is 4.88. The molecule has 0 radical (unpaired) electrons. The van der Waals surface area contributed by atoms with E-state index in [-0.39, 0.29) is 18.5 Å². The minimum Gasteiger partial charge on any atom is -0.476 e. The molecule has 0 fully saturated rings. The van der Waals surface area contributed by atoms with Gasteiger partial charge in [0.25, 0.3) is 5.91 Å². The molecule has 150 valence electrons. The molecule has 1 heterocycles. The van der Waals surface area contributed by atoms with E-state index in [1.165, 1.54) is 4.31 Å². The molecule has 0 spiro atoms. The van der Waals surface area contributed by atoms with Gasteiger partial charge in [-0.1, -0.05) is 42.8 Å². The highest BCUT2D eigenvalue weighted by atomic mass is 32.2. The molecule has 0 aromatic heterocycles. The monoisotopic (exact) mass is 402 g/mol. The highest BCUT2D eigenvalue weighted by Gasteiger charge is 2.35. The highest BCUT2D eigenvalue weighted by molar-refractivity contribution is 7.92. The summed E-state index contributed by atoms with van der Waals surface area (Å²) in [6, 6.07) is 13.1. The first-order valence-corrected chi connectivity index (χ1v) is 11.2. The summed E-state index contributed by atoms with van der Waals surface area (Å²) in [5.41, 5.74) is 3.55. The van der Waals surface area contributed by atoms with E-state index in [4.69, 9.17) is 4.74 Å². The van der Waals surface area contributed by atoms with Gasteiger partial charge in [0.1, 0.15) is 5.75 Å². The molecule has 0 saturated heterocycles. The molecule has 1 aliphatic heterocycles.